The summed E-state index contributed by atoms with van der Waals surface area (Å²) in [5, 5.41) is 3.54. The monoisotopic (exact) mass is 321 g/mol. The molecule has 2 aliphatic rings. The molecule has 0 aromatic heterocycles. The van der Waals surface area contributed by atoms with E-state index in [4.69, 9.17) is 17.3 Å². The lowest BCUT2D eigenvalue weighted by molar-refractivity contribution is -0.116. The van der Waals surface area contributed by atoms with E-state index in [-0.39, 0.29) is 5.91 Å². The Balaban J connectivity index is 1.46. The van der Waals surface area contributed by atoms with Crippen LogP contribution in [-0.4, -0.2) is 36.5 Å². The second-order valence-corrected chi connectivity index (χ2v) is 7.02. The summed E-state index contributed by atoms with van der Waals surface area (Å²) < 4.78 is 0. The number of nitrogens with one attached hydrogen (secondary N) is 1. The normalized spacial score (nSPS) is 28.4. The third kappa shape index (κ3) is 3.80. The van der Waals surface area contributed by atoms with Crippen molar-refractivity contribution in [2.75, 3.05) is 25.0 Å². The number of rotatable bonds is 4. The van der Waals surface area contributed by atoms with Crippen LogP contribution >= 0.6 is 11.6 Å². The van der Waals surface area contributed by atoms with Crippen LogP contribution in [0.25, 0.3) is 0 Å². The van der Waals surface area contributed by atoms with Crippen LogP contribution in [0.1, 0.15) is 25.7 Å². The molecule has 3 atom stereocenters. The van der Waals surface area contributed by atoms with Crippen molar-refractivity contribution in [3.63, 3.8) is 0 Å². The van der Waals surface area contributed by atoms with E-state index >= 15 is 0 Å². The maximum atomic E-state index is 12.1. The number of hydrogen-bond donors (Lipinski definition) is 2. The number of anilines is 1. The molecule has 0 bridgehead atoms. The molecule has 3 unspecified atom stereocenters. The first-order valence-electron chi connectivity index (χ1n) is 8.15. The molecule has 1 aliphatic heterocycles. The van der Waals surface area contributed by atoms with Gasteiger partial charge in [-0.2, -0.15) is 0 Å². The van der Waals surface area contributed by atoms with Gasteiger partial charge in [-0.1, -0.05) is 24.1 Å². The van der Waals surface area contributed by atoms with Gasteiger partial charge in [0.15, 0.2) is 0 Å². The highest BCUT2D eigenvalue weighted by atomic mass is 35.5. The van der Waals surface area contributed by atoms with Crippen LogP contribution in [-0.2, 0) is 4.79 Å². The Bertz CT molecular complexity index is 536. The summed E-state index contributed by atoms with van der Waals surface area (Å²) in [6, 6.07) is 7.61. The highest BCUT2D eigenvalue weighted by Gasteiger charge is 2.38. The molecule has 1 aliphatic carbocycles. The fourth-order valence-electron chi connectivity index (χ4n) is 3.84. The predicted octanol–water partition coefficient (Wildman–Crippen LogP) is 2.73. The summed E-state index contributed by atoms with van der Waals surface area (Å²) in [7, 11) is 0. The number of amides is 1. The van der Waals surface area contributed by atoms with Gasteiger partial charge in [0.25, 0.3) is 0 Å². The quantitative estimate of drug-likeness (QED) is 0.896. The van der Waals surface area contributed by atoms with Gasteiger partial charge in [0, 0.05) is 42.8 Å². The van der Waals surface area contributed by atoms with Crippen molar-refractivity contribution >= 4 is 23.2 Å². The fraction of sp³-hybridized carbons (Fsp3) is 0.588. The Morgan fingerprint density at radius 2 is 2.23 bits per heavy atom. The summed E-state index contributed by atoms with van der Waals surface area (Å²) in [6.07, 6.45) is 4.22. The standard InChI is InChI=1S/C17H24ClN3O/c18-13-4-2-5-14(9-13)20-17(22)7-8-21-10-12-3-1-6-16(19)15(12)11-21/h2,4-5,9,12,15-16H,1,3,6-8,10-11,19H2,(H,20,22). The zero-order valence-electron chi connectivity index (χ0n) is 12.8. The molecule has 3 N–H and O–H groups in total. The van der Waals surface area contributed by atoms with Crippen LogP contribution in [0.3, 0.4) is 0 Å². The molecule has 1 amide bonds. The van der Waals surface area contributed by atoms with Gasteiger partial charge in [-0.05, 0) is 42.9 Å². The lowest BCUT2D eigenvalue weighted by Gasteiger charge is -2.29. The molecule has 3 rings (SSSR count). The molecule has 0 radical (unpaired) electrons. The fourth-order valence-corrected chi connectivity index (χ4v) is 4.03. The van der Waals surface area contributed by atoms with Crippen LogP contribution in [0.15, 0.2) is 24.3 Å². The van der Waals surface area contributed by atoms with Gasteiger partial charge >= 0.3 is 0 Å². The van der Waals surface area contributed by atoms with Crippen molar-refractivity contribution in [3.05, 3.63) is 29.3 Å². The Kier molecular flexibility index (Phi) is 5.01. The van der Waals surface area contributed by atoms with E-state index in [9.17, 15) is 4.79 Å². The number of benzene rings is 1. The molecule has 1 saturated heterocycles. The third-order valence-corrected chi connectivity index (χ3v) is 5.23. The number of carbonyl (C=O) groups is 1. The van der Waals surface area contributed by atoms with Crippen molar-refractivity contribution in [1.82, 2.24) is 4.90 Å². The van der Waals surface area contributed by atoms with Crippen molar-refractivity contribution in [3.8, 4) is 0 Å². The van der Waals surface area contributed by atoms with Crippen LogP contribution in [0, 0.1) is 11.8 Å². The molecule has 120 valence electrons. The molecule has 22 heavy (non-hydrogen) atoms. The Morgan fingerprint density at radius 3 is 3.00 bits per heavy atom. The minimum Gasteiger partial charge on any atom is -0.327 e. The van der Waals surface area contributed by atoms with Crippen LogP contribution < -0.4 is 11.1 Å². The van der Waals surface area contributed by atoms with Crippen molar-refractivity contribution < 1.29 is 4.79 Å². The molecule has 1 aromatic carbocycles. The van der Waals surface area contributed by atoms with Gasteiger partial charge in [-0.3, -0.25) is 4.79 Å². The topological polar surface area (TPSA) is 58.4 Å². The Morgan fingerprint density at radius 1 is 1.36 bits per heavy atom. The minimum atomic E-state index is 0.0430. The SMILES string of the molecule is NC1CCCC2CN(CCC(=O)Nc3cccc(Cl)c3)CC12. The number of carbonyl (C=O) groups excluding carboxylic acids is 1. The van der Waals surface area contributed by atoms with Gasteiger partial charge in [0.1, 0.15) is 0 Å². The van der Waals surface area contributed by atoms with E-state index in [0.29, 0.717) is 23.4 Å². The maximum Gasteiger partial charge on any atom is 0.225 e. The number of hydrogen-bond acceptors (Lipinski definition) is 3. The summed E-state index contributed by atoms with van der Waals surface area (Å²) in [5.74, 6) is 1.41. The molecular formula is C17H24ClN3O. The predicted molar refractivity (Wildman–Crippen MR) is 89.9 cm³/mol. The molecular weight excluding hydrogens is 298 g/mol. The summed E-state index contributed by atoms with van der Waals surface area (Å²) in [4.78, 5) is 14.5. The molecule has 1 aromatic rings. The number of nitrogens with two attached hydrogens (primary N) is 1. The Hall–Kier alpha value is -1.10. The third-order valence-electron chi connectivity index (χ3n) is 4.99. The molecule has 1 heterocycles. The zero-order valence-corrected chi connectivity index (χ0v) is 13.6. The van der Waals surface area contributed by atoms with Crippen molar-refractivity contribution in [2.24, 2.45) is 17.6 Å². The van der Waals surface area contributed by atoms with Crippen molar-refractivity contribution in [2.45, 2.75) is 31.7 Å². The second-order valence-electron chi connectivity index (χ2n) is 6.59. The van der Waals surface area contributed by atoms with Gasteiger partial charge in [0.05, 0.1) is 0 Å². The first-order chi connectivity index (χ1) is 10.6. The molecule has 5 heteroatoms. The average molecular weight is 322 g/mol. The number of nitrogens with zero attached hydrogens (tertiary/aromatic N) is 1. The number of fused-ring (bicyclic) bond motifs is 1. The number of likely N-dealkylation sites (tertiary alicyclic amines) is 1. The summed E-state index contributed by atoms with van der Waals surface area (Å²) >= 11 is 5.92. The first kappa shape index (κ1) is 15.8. The Labute approximate surface area is 137 Å². The maximum absolute atomic E-state index is 12.1. The van der Waals surface area contributed by atoms with E-state index in [1.165, 1.54) is 12.8 Å². The van der Waals surface area contributed by atoms with Gasteiger partial charge in [-0.25, -0.2) is 0 Å². The van der Waals surface area contributed by atoms with E-state index in [0.717, 1.165) is 37.7 Å². The summed E-state index contributed by atoms with van der Waals surface area (Å²) in [5.41, 5.74) is 6.99. The lowest BCUT2D eigenvalue weighted by Crippen LogP contribution is -2.38. The molecule has 0 spiro atoms. The van der Waals surface area contributed by atoms with E-state index in [1.807, 2.05) is 12.1 Å². The zero-order chi connectivity index (χ0) is 15.5. The van der Waals surface area contributed by atoms with Crippen LogP contribution in [0.2, 0.25) is 5.02 Å². The molecule has 2 fully saturated rings. The average Bonchev–Trinajstić information content (AvgIpc) is 2.90. The highest BCUT2D eigenvalue weighted by molar-refractivity contribution is 6.30. The first-order valence-corrected chi connectivity index (χ1v) is 8.53. The molecule has 1 saturated carbocycles. The number of halogens is 1. The second kappa shape index (κ2) is 6.99. The minimum absolute atomic E-state index is 0.0430. The van der Waals surface area contributed by atoms with Crippen LogP contribution in [0.4, 0.5) is 5.69 Å². The van der Waals surface area contributed by atoms with Crippen LogP contribution in [0.5, 0.6) is 0 Å². The van der Waals surface area contributed by atoms with E-state index < -0.39 is 0 Å². The lowest BCUT2D eigenvalue weighted by atomic mass is 9.78. The van der Waals surface area contributed by atoms with Gasteiger partial charge in [0.2, 0.25) is 5.91 Å². The molecule has 4 nitrogen and oxygen atoms in total. The van der Waals surface area contributed by atoms with Crippen molar-refractivity contribution in [1.29, 1.82) is 0 Å². The van der Waals surface area contributed by atoms with Gasteiger partial charge < -0.3 is 16.0 Å². The van der Waals surface area contributed by atoms with Gasteiger partial charge in [-0.15, -0.1) is 0 Å². The highest BCUT2D eigenvalue weighted by Crippen LogP contribution is 2.35. The largest absolute Gasteiger partial charge is 0.327 e. The van der Waals surface area contributed by atoms with E-state index in [1.54, 1.807) is 12.1 Å². The van der Waals surface area contributed by atoms with E-state index in [2.05, 4.69) is 10.2 Å². The smallest absolute Gasteiger partial charge is 0.225 e. The summed E-state index contributed by atoms with van der Waals surface area (Å²) in [6.45, 7) is 2.96.